The van der Waals surface area contributed by atoms with Crippen LogP contribution in [0.2, 0.25) is 18.1 Å². The summed E-state index contributed by atoms with van der Waals surface area (Å²) in [5.41, 5.74) is 1.05. The van der Waals surface area contributed by atoms with E-state index in [4.69, 9.17) is 4.43 Å². The molecular weight excluding hydrogens is 372 g/mol. The Hall–Kier alpha value is -0.723. The molecule has 0 spiro atoms. The highest BCUT2D eigenvalue weighted by molar-refractivity contribution is 9.10. The highest BCUT2D eigenvalue weighted by Gasteiger charge is 2.39. The second kappa shape index (κ2) is 7.03. The fourth-order valence-corrected chi connectivity index (χ4v) is 3.90. The van der Waals surface area contributed by atoms with Gasteiger partial charge in [-0.3, -0.25) is 9.78 Å². The van der Waals surface area contributed by atoms with E-state index in [2.05, 4.69) is 54.8 Å². The number of likely N-dealkylation sites (tertiary alicyclic amines) is 1. The van der Waals surface area contributed by atoms with Crippen LogP contribution in [0.5, 0.6) is 0 Å². The summed E-state index contributed by atoms with van der Waals surface area (Å²) in [6.45, 7) is 12.5. The number of nitrogens with zero attached hydrogens (tertiary/aromatic N) is 2. The molecule has 0 N–H and O–H groups in total. The summed E-state index contributed by atoms with van der Waals surface area (Å²) < 4.78 is 7.28. The first-order chi connectivity index (χ1) is 10.6. The molecule has 0 bridgehead atoms. The van der Waals surface area contributed by atoms with Crippen LogP contribution in [0.3, 0.4) is 0 Å². The number of hydrogen-bond donors (Lipinski definition) is 0. The molecule has 0 radical (unpaired) electrons. The number of amides is 1. The predicted molar refractivity (Wildman–Crippen MR) is 98.7 cm³/mol. The molecule has 0 aromatic carbocycles. The zero-order valence-electron chi connectivity index (χ0n) is 14.7. The maximum atomic E-state index is 12.2. The average molecular weight is 399 g/mol. The first-order valence-electron chi connectivity index (χ1n) is 8.13. The summed E-state index contributed by atoms with van der Waals surface area (Å²) >= 11 is 3.44. The van der Waals surface area contributed by atoms with Gasteiger partial charge in [-0.1, -0.05) is 20.8 Å². The highest BCUT2D eigenvalue weighted by atomic mass is 79.9. The van der Waals surface area contributed by atoms with Crippen LogP contribution in [-0.4, -0.2) is 36.8 Å². The molecule has 1 aliphatic heterocycles. The molecule has 1 aromatic rings. The van der Waals surface area contributed by atoms with Crippen molar-refractivity contribution in [3.8, 4) is 0 Å². The van der Waals surface area contributed by atoms with Crippen molar-refractivity contribution in [1.82, 2.24) is 9.88 Å². The molecule has 1 fully saturated rings. The minimum atomic E-state index is -1.78. The molecule has 0 aliphatic carbocycles. The van der Waals surface area contributed by atoms with Crippen LogP contribution in [0.4, 0.5) is 0 Å². The van der Waals surface area contributed by atoms with Crippen molar-refractivity contribution in [1.29, 1.82) is 0 Å². The fraction of sp³-hybridized carbons (Fsp3) is 0.647. The molecule has 1 aromatic heterocycles. The van der Waals surface area contributed by atoms with Crippen LogP contribution in [-0.2, 0) is 15.8 Å². The van der Waals surface area contributed by atoms with E-state index in [1.165, 1.54) is 0 Å². The second-order valence-corrected chi connectivity index (χ2v) is 13.5. The Bertz CT molecular complexity index is 572. The van der Waals surface area contributed by atoms with Crippen molar-refractivity contribution in [2.24, 2.45) is 0 Å². The summed E-state index contributed by atoms with van der Waals surface area (Å²) in [4.78, 5) is 18.4. The van der Waals surface area contributed by atoms with E-state index in [0.29, 0.717) is 19.6 Å². The van der Waals surface area contributed by atoms with Crippen molar-refractivity contribution in [2.45, 2.75) is 64.3 Å². The van der Waals surface area contributed by atoms with E-state index in [0.717, 1.165) is 16.5 Å². The van der Waals surface area contributed by atoms with Crippen molar-refractivity contribution in [2.75, 3.05) is 6.61 Å². The van der Waals surface area contributed by atoms with Gasteiger partial charge in [-0.15, -0.1) is 0 Å². The Morgan fingerprint density at radius 1 is 1.39 bits per heavy atom. The van der Waals surface area contributed by atoms with Gasteiger partial charge in [0, 0.05) is 29.8 Å². The van der Waals surface area contributed by atoms with Gasteiger partial charge in [0.25, 0.3) is 0 Å². The molecule has 128 valence electrons. The number of carbonyl (C=O) groups excluding carboxylic acids is 1. The Morgan fingerprint density at radius 3 is 2.70 bits per heavy atom. The number of pyridine rings is 1. The zero-order valence-corrected chi connectivity index (χ0v) is 17.3. The smallest absolute Gasteiger partial charge is 0.223 e. The van der Waals surface area contributed by atoms with Crippen molar-refractivity contribution in [3.63, 3.8) is 0 Å². The number of aromatic nitrogens is 1. The molecule has 23 heavy (non-hydrogen) atoms. The summed E-state index contributed by atoms with van der Waals surface area (Å²) in [5, 5.41) is 0.189. The third kappa shape index (κ3) is 4.64. The molecule has 1 amide bonds. The molecule has 6 heteroatoms. The van der Waals surface area contributed by atoms with Crippen LogP contribution in [0.1, 0.15) is 39.2 Å². The van der Waals surface area contributed by atoms with E-state index >= 15 is 0 Å². The summed E-state index contributed by atoms with van der Waals surface area (Å²) in [5.74, 6) is 0.216. The lowest BCUT2D eigenvalue weighted by atomic mass is 10.2. The minimum absolute atomic E-state index is 0.176. The molecule has 0 saturated carbocycles. The quantitative estimate of drug-likeness (QED) is 0.691. The summed E-state index contributed by atoms with van der Waals surface area (Å²) in [6, 6.07) is 2.19. The van der Waals surface area contributed by atoms with Gasteiger partial charge in [0.05, 0.1) is 12.6 Å². The number of carbonyl (C=O) groups is 1. The Kier molecular flexibility index (Phi) is 5.69. The van der Waals surface area contributed by atoms with Gasteiger partial charge in [0.2, 0.25) is 5.91 Å². The van der Waals surface area contributed by atoms with Crippen molar-refractivity contribution >= 4 is 30.2 Å². The SMILES string of the molecule is CC(C)(C)[Si](C)(C)OCC1CCC(=O)N1Cc1cncc(Br)c1. The maximum Gasteiger partial charge on any atom is 0.223 e. The minimum Gasteiger partial charge on any atom is -0.415 e. The maximum absolute atomic E-state index is 12.2. The lowest BCUT2D eigenvalue weighted by Gasteiger charge is -2.38. The highest BCUT2D eigenvalue weighted by Crippen LogP contribution is 2.37. The van der Waals surface area contributed by atoms with E-state index in [1.807, 2.05) is 17.2 Å². The zero-order chi connectivity index (χ0) is 17.3. The fourth-order valence-electron chi connectivity index (χ4n) is 2.44. The largest absolute Gasteiger partial charge is 0.415 e. The van der Waals surface area contributed by atoms with Gasteiger partial charge in [-0.05, 0) is 52.1 Å². The third-order valence-electron chi connectivity index (χ3n) is 5.01. The Morgan fingerprint density at radius 2 is 2.09 bits per heavy atom. The molecule has 1 unspecified atom stereocenters. The van der Waals surface area contributed by atoms with Gasteiger partial charge in [-0.25, -0.2) is 0 Å². The molecular formula is C17H27BrN2O2Si. The molecule has 2 heterocycles. The van der Waals surface area contributed by atoms with Gasteiger partial charge in [0.15, 0.2) is 8.32 Å². The van der Waals surface area contributed by atoms with Crippen LogP contribution in [0.15, 0.2) is 22.9 Å². The Balaban J connectivity index is 2.02. The first kappa shape index (κ1) is 18.6. The number of halogens is 1. The summed E-state index contributed by atoms with van der Waals surface area (Å²) in [6.07, 6.45) is 5.08. The monoisotopic (exact) mass is 398 g/mol. The van der Waals surface area contributed by atoms with Gasteiger partial charge in [0.1, 0.15) is 0 Å². The number of rotatable bonds is 5. The first-order valence-corrected chi connectivity index (χ1v) is 11.8. The predicted octanol–water partition coefficient (Wildman–Crippen LogP) is 4.36. The normalized spacial score (nSPS) is 19.5. The van der Waals surface area contributed by atoms with E-state index < -0.39 is 8.32 Å². The van der Waals surface area contributed by atoms with Crippen LogP contribution in [0, 0.1) is 0 Å². The van der Waals surface area contributed by atoms with Crippen molar-refractivity contribution in [3.05, 3.63) is 28.5 Å². The number of hydrogen-bond acceptors (Lipinski definition) is 3. The van der Waals surface area contributed by atoms with Gasteiger partial charge >= 0.3 is 0 Å². The lowest BCUT2D eigenvalue weighted by Crippen LogP contribution is -2.45. The molecule has 4 nitrogen and oxygen atoms in total. The Labute approximate surface area is 148 Å². The summed E-state index contributed by atoms with van der Waals surface area (Å²) in [7, 11) is -1.78. The molecule has 1 saturated heterocycles. The topological polar surface area (TPSA) is 42.4 Å². The van der Waals surface area contributed by atoms with E-state index in [1.54, 1.807) is 6.20 Å². The van der Waals surface area contributed by atoms with Crippen LogP contribution < -0.4 is 0 Å². The van der Waals surface area contributed by atoms with E-state index in [-0.39, 0.29) is 17.0 Å². The lowest BCUT2D eigenvalue weighted by molar-refractivity contribution is -0.130. The second-order valence-electron chi connectivity index (χ2n) is 7.80. The van der Waals surface area contributed by atoms with Crippen LogP contribution >= 0.6 is 15.9 Å². The van der Waals surface area contributed by atoms with E-state index in [9.17, 15) is 4.79 Å². The average Bonchev–Trinajstić information content (AvgIpc) is 2.77. The van der Waals surface area contributed by atoms with Gasteiger partial charge in [-0.2, -0.15) is 0 Å². The molecule has 1 atom stereocenters. The van der Waals surface area contributed by atoms with Crippen molar-refractivity contribution < 1.29 is 9.22 Å². The standard InChI is InChI=1S/C17H27BrN2O2Si/c1-17(2,3)23(4,5)22-12-15-6-7-16(21)20(15)11-13-8-14(18)10-19-9-13/h8-10,15H,6-7,11-12H2,1-5H3. The molecule has 2 rings (SSSR count). The van der Waals surface area contributed by atoms with Gasteiger partial charge < -0.3 is 9.33 Å². The van der Waals surface area contributed by atoms with Crippen LogP contribution in [0.25, 0.3) is 0 Å². The molecule has 1 aliphatic rings. The third-order valence-corrected chi connectivity index (χ3v) is 9.94.